The summed E-state index contributed by atoms with van der Waals surface area (Å²) in [6, 6.07) is 18.2. The number of aliphatic hydroxyl groups excluding tert-OH is 2. The van der Waals surface area contributed by atoms with Crippen LogP contribution in [0.25, 0.3) is 0 Å². The van der Waals surface area contributed by atoms with Crippen molar-refractivity contribution in [2.24, 2.45) is 5.73 Å². The number of rotatable bonds is 14. The van der Waals surface area contributed by atoms with Gasteiger partial charge in [0.1, 0.15) is 18.1 Å². The summed E-state index contributed by atoms with van der Waals surface area (Å²) in [4.78, 5) is 27.6. The van der Waals surface area contributed by atoms with Crippen molar-refractivity contribution in [2.45, 2.75) is 32.7 Å². The fourth-order valence-electron chi connectivity index (χ4n) is 3.82. The first-order valence-corrected chi connectivity index (χ1v) is 12.7. The summed E-state index contributed by atoms with van der Waals surface area (Å²) in [5.74, 6) is 0.0524. The lowest BCUT2D eigenvalue weighted by Crippen LogP contribution is -2.37. The number of carbonyl (C=O) groups excluding carboxylic acids is 2. The summed E-state index contributed by atoms with van der Waals surface area (Å²) in [5.41, 5.74) is 8.48. The first kappa shape index (κ1) is 30.4. The molecule has 1 atom stereocenters. The van der Waals surface area contributed by atoms with E-state index in [0.29, 0.717) is 48.9 Å². The van der Waals surface area contributed by atoms with E-state index in [-0.39, 0.29) is 19.0 Å². The van der Waals surface area contributed by atoms with Crippen LogP contribution < -0.4 is 20.9 Å². The highest BCUT2D eigenvalue weighted by Gasteiger charge is 2.16. The lowest BCUT2D eigenvalue weighted by Gasteiger charge is -2.18. The highest BCUT2D eigenvalue weighted by Crippen LogP contribution is 2.22. The van der Waals surface area contributed by atoms with Crippen molar-refractivity contribution >= 4 is 17.7 Å². The summed E-state index contributed by atoms with van der Waals surface area (Å²) < 4.78 is 11.4. The molecule has 0 saturated carbocycles. The summed E-state index contributed by atoms with van der Waals surface area (Å²) in [6.07, 6.45) is 0.00973. The number of ether oxygens (including phenoxy) is 2. The van der Waals surface area contributed by atoms with Gasteiger partial charge in [-0.05, 0) is 66.1 Å². The molecule has 6 N–H and O–H groups in total. The molecule has 0 aromatic heterocycles. The van der Waals surface area contributed by atoms with Crippen molar-refractivity contribution < 1.29 is 39.2 Å². The Morgan fingerprint density at radius 3 is 2.50 bits per heavy atom. The van der Waals surface area contributed by atoms with E-state index in [4.69, 9.17) is 20.0 Å². The van der Waals surface area contributed by atoms with E-state index in [0.717, 1.165) is 22.6 Å². The van der Waals surface area contributed by atoms with Crippen LogP contribution in [0.15, 0.2) is 66.7 Å². The predicted molar refractivity (Wildman–Crippen MR) is 147 cm³/mol. The number of hydroxylamine groups is 1. The number of nitrogens with one attached hydrogen (secondary N) is 1. The Labute approximate surface area is 232 Å². The molecule has 0 aliphatic heterocycles. The van der Waals surface area contributed by atoms with Crippen molar-refractivity contribution in [1.29, 1.82) is 0 Å². The van der Waals surface area contributed by atoms with Crippen LogP contribution in [0.2, 0.25) is 0 Å². The number of nitrogens with zero attached hydrogens (tertiary/aromatic N) is 1. The van der Waals surface area contributed by atoms with Gasteiger partial charge in [-0.1, -0.05) is 30.3 Å². The Morgan fingerprint density at radius 1 is 1.02 bits per heavy atom. The predicted octanol–water partition coefficient (Wildman–Crippen LogP) is 2.71. The zero-order valence-corrected chi connectivity index (χ0v) is 22.3. The van der Waals surface area contributed by atoms with Gasteiger partial charge in [0.25, 0.3) is 0 Å². The molecule has 0 unspecified atom stereocenters. The number of hydrogen-bond donors (Lipinski definition) is 5. The number of nitrogens with two attached hydrogens (primary N) is 1. The molecule has 3 rings (SSSR count). The van der Waals surface area contributed by atoms with E-state index in [1.54, 1.807) is 30.3 Å². The van der Waals surface area contributed by atoms with Crippen molar-refractivity contribution in [2.75, 3.05) is 31.4 Å². The fourth-order valence-corrected chi connectivity index (χ4v) is 3.82. The van der Waals surface area contributed by atoms with E-state index in [9.17, 15) is 24.9 Å². The molecular formula is C29H35N3O8. The van der Waals surface area contributed by atoms with Gasteiger partial charge in [0.15, 0.2) is 0 Å². The number of aromatic hydroxyl groups is 1. The molecule has 0 spiro atoms. The molecule has 0 heterocycles. The van der Waals surface area contributed by atoms with Crippen LogP contribution >= 0.6 is 0 Å². The molecule has 0 bridgehead atoms. The molecule has 40 heavy (non-hydrogen) atoms. The van der Waals surface area contributed by atoms with E-state index < -0.39 is 18.1 Å². The Balaban J connectivity index is 1.34. The van der Waals surface area contributed by atoms with Crippen LogP contribution in [0.4, 0.5) is 10.5 Å². The zero-order valence-electron chi connectivity index (χ0n) is 22.3. The second-order valence-electron chi connectivity index (χ2n) is 8.95. The lowest BCUT2D eigenvalue weighted by molar-refractivity contribution is -0.141. The number of phenols is 1. The van der Waals surface area contributed by atoms with E-state index in [1.807, 2.05) is 30.3 Å². The molecule has 0 radical (unpaired) electrons. The first-order chi connectivity index (χ1) is 19.3. The number of anilines is 1. The van der Waals surface area contributed by atoms with Gasteiger partial charge in [-0.25, -0.2) is 9.59 Å². The van der Waals surface area contributed by atoms with Gasteiger partial charge in [-0.2, -0.15) is 0 Å². The molecule has 11 nitrogen and oxygen atoms in total. The monoisotopic (exact) mass is 553 g/mol. The number of hydrogen-bond acceptors (Lipinski definition) is 9. The fraction of sp³-hybridized carbons (Fsp3) is 0.310. The zero-order chi connectivity index (χ0) is 28.9. The molecule has 3 aromatic rings. The van der Waals surface area contributed by atoms with Gasteiger partial charge in [-0.3, -0.25) is 0 Å². The minimum Gasteiger partial charge on any atom is -0.508 e. The van der Waals surface area contributed by atoms with Gasteiger partial charge >= 0.3 is 12.0 Å². The molecule has 11 heteroatoms. The van der Waals surface area contributed by atoms with Gasteiger partial charge in [0.05, 0.1) is 31.6 Å². The second kappa shape index (κ2) is 15.4. The van der Waals surface area contributed by atoms with Gasteiger partial charge < -0.3 is 40.7 Å². The lowest BCUT2D eigenvalue weighted by atomic mass is 10.1. The Bertz CT molecular complexity index is 1250. The Kier molecular flexibility index (Phi) is 11.7. The average molecular weight is 554 g/mol. The number of benzene rings is 3. The van der Waals surface area contributed by atoms with Crippen LogP contribution in [0, 0.1) is 0 Å². The summed E-state index contributed by atoms with van der Waals surface area (Å²) in [5, 5.41) is 33.2. The molecular weight excluding hydrogens is 518 g/mol. The minimum atomic E-state index is -0.911. The quantitative estimate of drug-likeness (QED) is 0.149. The Hall–Kier alpha value is -4.16. The molecule has 0 aliphatic carbocycles. The number of aliphatic hydroxyl groups is 2. The molecule has 214 valence electrons. The molecule has 0 saturated heterocycles. The largest absolute Gasteiger partial charge is 0.508 e. The number of urea groups is 1. The van der Waals surface area contributed by atoms with Crippen molar-refractivity contribution in [1.82, 2.24) is 5.32 Å². The number of primary amides is 1. The summed E-state index contributed by atoms with van der Waals surface area (Å²) >= 11 is 0. The summed E-state index contributed by atoms with van der Waals surface area (Å²) in [7, 11) is 0. The van der Waals surface area contributed by atoms with Crippen LogP contribution in [0.3, 0.4) is 0 Å². The first-order valence-electron chi connectivity index (χ1n) is 12.7. The maximum Gasteiger partial charge on any atom is 0.352 e. The third kappa shape index (κ3) is 9.54. The van der Waals surface area contributed by atoms with E-state index >= 15 is 0 Å². The van der Waals surface area contributed by atoms with Crippen molar-refractivity contribution in [3.05, 3.63) is 89.0 Å². The number of carbonyl (C=O) groups is 2. The summed E-state index contributed by atoms with van der Waals surface area (Å²) in [6.45, 7) is 2.83. The second-order valence-corrected chi connectivity index (χ2v) is 8.95. The Morgan fingerprint density at radius 2 is 1.80 bits per heavy atom. The molecule has 0 aliphatic rings. The van der Waals surface area contributed by atoms with Gasteiger partial charge in [0, 0.05) is 19.0 Å². The minimum absolute atomic E-state index is 0.00529. The normalized spacial score (nSPS) is 11.6. The highest BCUT2D eigenvalue weighted by atomic mass is 16.7. The standard InChI is InChI=1S/C29H35N3O8/c1-20(34)40-32(29(30)37)25-4-2-3-22(15-25)19-38-13-14-39-26-8-5-21(6-9-26)11-12-31-17-28(36)23-7-10-27(35)24(16-23)18-33/h2-10,15-16,28,31,33,35-36H,11-14,17-19H2,1H3,(H2,30,37)/t28-/m0/s1. The average Bonchev–Trinajstić information content (AvgIpc) is 2.94. The third-order valence-corrected chi connectivity index (χ3v) is 5.84. The molecule has 2 amide bonds. The van der Waals surface area contributed by atoms with E-state index in [2.05, 4.69) is 5.32 Å². The van der Waals surface area contributed by atoms with E-state index in [1.165, 1.54) is 13.0 Å². The van der Waals surface area contributed by atoms with Crippen LogP contribution in [-0.4, -0.2) is 53.6 Å². The third-order valence-electron chi connectivity index (χ3n) is 5.84. The maximum absolute atomic E-state index is 11.6. The van der Waals surface area contributed by atoms with Crippen LogP contribution in [-0.2, 0) is 34.0 Å². The van der Waals surface area contributed by atoms with Gasteiger partial charge in [-0.15, -0.1) is 5.06 Å². The smallest absolute Gasteiger partial charge is 0.352 e. The number of amides is 2. The topological polar surface area (TPSA) is 164 Å². The van der Waals surface area contributed by atoms with Crippen LogP contribution in [0.1, 0.15) is 35.3 Å². The maximum atomic E-state index is 11.6. The highest BCUT2D eigenvalue weighted by molar-refractivity contribution is 5.90. The van der Waals surface area contributed by atoms with Crippen molar-refractivity contribution in [3.8, 4) is 11.5 Å². The SMILES string of the molecule is CC(=O)ON(C(N)=O)c1cccc(COCCOc2ccc(CCNC[C@H](O)c3ccc(O)c(CO)c3)cc2)c1. The van der Waals surface area contributed by atoms with Gasteiger partial charge in [0.2, 0.25) is 0 Å². The van der Waals surface area contributed by atoms with Crippen molar-refractivity contribution in [3.63, 3.8) is 0 Å². The molecule has 0 fully saturated rings. The van der Waals surface area contributed by atoms with Crippen LogP contribution in [0.5, 0.6) is 11.5 Å². The molecule has 3 aromatic carbocycles.